The van der Waals surface area contributed by atoms with Crippen molar-refractivity contribution in [1.29, 1.82) is 0 Å². The Morgan fingerprint density at radius 1 is 1.06 bits per heavy atom. The molecule has 0 aliphatic rings. The molecular formula is C13H13N5. The molecule has 3 aromatic rings. The molecule has 0 atom stereocenters. The minimum atomic E-state index is 0.676. The molecule has 5 heteroatoms. The van der Waals surface area contributed by atoms with Crippen LogP contribution in [0.4, 0.5) is 5.69 Å². The van der Waals surface area contributed by atoms with Crippen molar-refractivity contribution in [2.45, 2.75) is 13.8 Å². The summed E-state index contributed by atoms with van der Waals surface area (Å²) in [6, 6.07) is 9.67. The average Bonchev–Trinajstić information content (AvgIpc) is 2.75. The Labute approximate surface area is 104 Å². The summed E-state index contributed by atoms with van der Waals surface area (Å²) in [5.74, 6) is 0.676. The molecule has 0 saturated carbocycles. The fraction of sp³-hybridized carbons (Fsp3) is 0.154. The highest BCUT2D eigenvalue weighted by molar-refractivity contribution is 5.75. The summed E-state index contributed by atoms with van der Waals surface area (Å²) < 4.78 is 1.72. The maximum Gasteiger partial charge on any atom is 0.187 e. The summed E-state index contributed by atoms with van der Waals surface area (Å²) in [4.78, 5) is 0. The Hall–Kier alpha value is -2.43. The van der Waals surface area contributed by atoms with Crippen LogP contribution in [0.5, 0.6) is 0 Å². The monoisotopic (exact) mass is 239 g/mol. The fourth-order valence-electron chi connectivity index (χ4n) is 1.92. The second kappa shape index (κ2) is 3.80. The molecule has 2 aromatic heterocycles. The molecule has 0 aliphatic heterocycles. The molecule has 5 nitrogen and oxygen atoms in total. The van der Waals surface area contributed by atoms with Crippen LogP contribution >= 0.6 is 0 Å². The number of nitrogens with zero attached hydrogens (tertiary/aromatic N) is 4. The fourth-order valence-corrected chi connectivity index (χ4v) is 1.92. The third-order valence-corrected chi connectivity index (χ3v) is 2.96. The number of fused-ring (bicyclic) bond motifs is 1. The first-order valence-electron chi connectivity index (χ1n) is 5.71. The SMILES string of the molecule is Cc1ccc2nnc(-c3cccc(C)c3N)n2n1. The average molecular weight is 239 g/mol. The molecule has 0 radical (unpaired) electrons. The van der Waals surface area contributed by atoms with Gasteiger partial charge in [-0.05, 0) is 37.6 Å². The Bertz CT molecular complexity index is 729. The molecule has 0 bridgehead atoms. The standard InChI is InChI=1S/C13H13N5/c1-8-4-3-5-10(12(8)14)13-16-15-11-7-6-9(2)17-18(11)13/h3-7H,14H2,1-2H3. The zero-order valence-electron chi connectivity index (χ0n) is 10.3. The van der Waals surface area contributed by atoms with Gasteiger partial charge >= 0.3 is 0 Å². The van der Waals surface area contributed by atoms with Crippen molar-refractivity contribution in [2.75, 3.05) is 5.73 Å². The molecule has 0 fully saturated rings. The van der Waals surface area contributed by atoms with Crippen LogP contribution in [0.25, 0.3) is 17.0 Å². The first kappa shape index (κ1) is 10.7. The number of rotatable bonds is 1. The molecule has 0 unspecified atom stereocenters. The lowest BCUT2D eigenvalue weighted by Gasteiger charge is -2.06. The Morgan fingerprint density at radius 3 is 2.72 bits per heavy atom. The number of anilines is 1. The molecule has 1 aromatic carbocycles. The molecule has 0 saturated heterocycles. The van der Waals surface area contributed by atoms with Gasteiger partial charge in [0.05, 0.1) is 5.69 Å². The third kappa shape index (κ3) is 1.52. The zero-order chi connectivity index (χ0) is 12.7. The normalized spacial score (nSPS) is 11.0. The number of aromatic nitrogens is 4. The highest BCUT2D eigenvalue weighted by Crippen LogP contribution is 2.26. The van der Waals surface area contributed by atoms with Crippen molar-refractivity contribution < 1.29 is 0 Å². The summed E-state index contributed by atoms with van der Waals surface area (Å²) >= 11 is 0. The Kier molecular flexibility index (Phi) is 2.26. The largest absolute Gasteiger partial charge is 0.398 e. The maximum atomic E-state index is 6.09. The lowest BCUT2D eigenvalue weighted by molar-refractivity contribution is 0.902. The molecule has 3 rings (SSSR count). The predicted molar refractivity (Wildman–Crippen MR) is 70.1 cm³/mol. The second-order valence-electron chi connectivity index (χ2n) is 4.30. The van der Waals surface area contributed by atoms with E-state index in [0.29, 0.717) is 5.82 Å². The Balaban J connectivity index is 2.32. The number of hydrogen-bond acceptors (Lipinski definition) is 4. The van der Waals surface area contributed by atoms with Crippen LogP contribution in [0.2, 0.25) is 0 Å². The van der Waals surface area contributed by atoms with Gasteiger partial charge in [-0.25, -0.2) is 0 Å². The Morgan fingerprint density at radius 2 is 1.89 bits per heavy atom. The van der Waals surface area contributed by atoms with E-state index in [1.807, 2.05) is 44.2 Å². The van der Waals surface area contributed by atoms with Gasteiger partial charge < -0.3 is 5.73 Å². The van der Waals surface area contributed by atoms with Crippen molar-refractivity contribution in [1.82, 2.24) is 19.8 Å². The topological polar surface area (TPSA) is 69.1 Å². The highest BCUT2D eigenvalue weighted by Gasteiger charge is 2.12. The van der Waals surface area contributed by atoms with E-state index in [1.165, 1.54) is 0 Å². The van der Waals surface area contributed by atoms with Gasteiger partial charge in [0.1, 0.15) is 0 Å². The highest BCUT2D eigenvalue weighted by atomic mass is 15.4. The number of para-hydroxylation sites is 1. The third-order valence-electron chi connectivity index (χ3n) is 2.96. The minimum absolute atomic E-state index is 0.676. The summed E-state index contributed by atoms with van der Waals surface area (Å²) in [5.41, 5.74) is 10.3. The zero-order valence-corrected chi connectivity index (χ0v) is 10.3. The smallest absolute Gasteiger partial charge is 0.187 e. The molecule has 90 valence electrons. The van der Waals surface area contributed by atoms with Gasteiger partial charge in [-0.15, -0.1) is 10.2 Å². The second-order valence-corrected chi connectivity index (χ2v) is 4.30. The van der Waals surface area contributed by atoms with Crippen LogP contribution in [-0.4, -0.2) is 19.8 Å². The molecular weight excluding hydrogens is 226 g/mol. The minimum Gasteiger partial charge on any atom is -0.398 e. The van der Waals surface area contributed by atoms with Crippen LogP contribution < -0.4 is 5.73 Å². The van der Waals surface area contributed by atoms with E-state index in [1.54, 1.807) is 4.52 Å². The lowest BCUT2D eigenvalue weighted by atomic mass is 10.1. The lowest BCUT2D eigenvalue weighted by Crippen LogP contribution is -2.00. The molecule has 0 amide bonds. The summed E-state index contributed by atoms with van der Waals surface area (Å²) in [7, 11) is 0. The van der Waals surface area contributed by atoms with Gasteiger partial charge in [0, 0.05) is 11.3 Å². The van der Waals surface area contributed by atoms with E-state index in [9.17, 15) is 0 Å². The van der Waals surface area contributed by atoms with E-state index in [2.05, 4.69) is 15.3 Å². The van der Waals surface area contributed by atoms with Crippen molar-refractivity contribution in [3.8, 4) is 11.4 Å². The van der Waals surface area contributed by atoms with Crippen LogP contribution in [0.1, 0.15) is 11.3 Å². The van der Waals surface area contributed by atoms with Crippen molar-refractivity contribution >= 4 is 11.3 Å². The van der Waals surface area contributed by atoms with Crippen LogP contribution in [0.15, 0.2) is 30.3 Å². The van der Waals surface area contributed by atoms with Gasteiger partial charge in [-0.3, -0.25) is 0 Å². The van der Waals surface area contributed by atoms with Crippen LogP contribution in [0, 0.1) is 13.8 Å². The molecule has 18 heavy (non-hydrogen) atoms. The van der Waals surface area contributed by atoms with Crippen LogP contribution in [0.3, 0.4) is 0 Å². The molecule has 0 spiro atoms. The van der Waals surface area contributed by atoms with Crippen molar-refractivity contribution in [3.05, 3.63) is 41.6 Å². The van der Waals surface area contributed by atoms with Gasteiger partial charge in [-0.1, -0.05) is 12.1 Å². The van der Waals surface area contributed by atoms with Gasteiger partial charge in [0.15, 0.2) is 11.5 Å². The first-order valence-corrected chi connectivity index (χ1v) is 5.71. The van der Waals surface area contributed by atoms with Gasteiger partial charge in [-0.2, -0.15) is 9.61 Å². The summed E-state index contributed by atoms with van der Waals surface area (Å²) in [6.45, 7) is 3.91. The molecule has 2 heterocycles. The van der Waals surface area contributed by atoms with E-state index in [0.717, 1.165) is 28.2 Å². The van der Waals surface area contributed by atoms with Crippen molar-refractivity contribution in [2.24, 2.45) is 0 Å². The van der Waals surface area contributed by atoms with Gasteiger partial charge in [0.2, 0.25) is 0 Å². The summed E-state index contributed by atoms with van der Waals surface area (Å²) in [6.07, 6.45) is 0. The maximum absolute atomic E-state index is 6.09. The number of aryl methyl sites for hydroxylation is 2. The number of hydrogen-bond donors (Lipinski definition) is 1. The van der Waals surface area contributed by atoms with E-state index >= 15 is 0 Å². The first-order chi connectivity index (χ1) is 8.66. The van der Waals surface area contributed by atoms with Gasteiger partial charge in [0.25, 0.3) is 0 Å². The predicted octanol–water partition coefficient (Wildman–Crippen LogP) is 1.99. The number of nitrogen functional groups attached to an aromatic ring is 1. The van der Waals surface area contributed by atoms with E-state index in [4.69, 9.17) is 5.73 Å². The molecule has 2 N–H and O–H groups in total. The van der Waals surface area contributed by atoms with Crippen molar-refractivity contribution in [3.63, 3.8) is 0 Å². The van der Waals surface area contributed by atoms with E-state index in [-0.39, 0.29) is 0 Å². The summed E-state index contributed by atoms with van der Waals surface area (Å²) in [5, 5.41) is 12.7. The number of benzene rings is 1. The quantitative estimate of drug-likeness (QED) is 0.659. The molecule has 0 aliphatic carbocycles. The number of nitrogens with two attached hydrogens (primary N) is 1. The van der Waals surface area contributed by atoms with E-state index < -0.39 is 0 Å². The van der Waals surface area contributed by atoms with Crippen LogP contribution in [-0.2, 0) is 0 Å².